The molecular weight excluding hydrogens is 432 g/mol. The Morgan fingerprint density at radius 2 is 1.97 bits per heavy atom. The van der Waals surface area contributed by atoms with Crippen molar-refractivity contribution in [3.63, 3.8) is 0 Å². The zero-order chi connectivity index (χ0) is 24.1. The number of nitrogens with zero attached hydrogens (tertiary/aromatic N) is 3. The van der Waals surface area contributed by atoms with Crippen LogP contribution in [-0.2, 0) is 27.3 Å². The van der Waals surface area contributed by atoms with Crippen LogP contribution in [-0.4, -0.2) is 58.9 Å². The Hall–Kier alpha value is -3.52. The van der Waals surface area contributed by atoms with Crippen LogP contribution in [0.2, 0.25) is 0 Å². The fourth-order valence-corrected chi connectivity index (χ4v) is 4.50. The number of aryl methyl sites for hydroxylation is 2. The average Bonchev–Trinajstić information content (AvgIpc) is 3.25. The van der Waals surface area contributed by atoms with Gasteiger partial charge in [0.05, 0.1) is 22.9 Å². The molecule has 2 heterocycles. The van der Waals surface area contributed by atoms with Gasteiger partial charge in [-0.25, -0.2) is 4.98 Å². The zero-order valence-electron chi connectivity index (χ0n) is 19.6. The van der Waals surface area contributed by atoms with E-state index < -0.39 is 0 Å². The number of piperidine rings is 1. The molecular formula is C26H30N4O4. The van der Waals surface area contributed by atoms with Crippen molar-refractivity contribution in [1.82, 2.24) is 14.5 Å². The summed E-state index contributed by atoms with van der Waals surface area (Å²) in [5.41, 5.74) is 3.52. The molecule has 178 valence electrons. The summed E-state index contributed by atoms with van der Waals surface area (Å²) in [6, 6.07) is 13.6. The number of methoxy groups -OCH3 is 1. The summed E-state index contributed by atoms with van der Waals surface area (Å²) >= 11 is 0. The lowest BCUT2D eigenvalue weighted by Gasteiger charge is -2.32. The van der Waals surface area contributed by atoms with Crippen molar-refractivity contribution >= 4 is 34.3 Å². The molecule has 0 radical (unpaired) electrons. The first kappa shape index (κ1) is 23.6. The van der Waals surface area contributed by atoms with Crippen LogP contribution in [0, 0.1) is 5.92 Å². The number of anilines is 1. The van der Waals surface area contributed by atoms with Crippen molar-refractivity contribution in [2.45, 2.75) is 32.7 Å². The number of carbonyl (C=O) groups excluding carboxylic acids is 3. The largest absolute Gasteiger partial charge is 0.375 e. The molecule has 34 heavy (non-hydrogen) atoms. The van der Waals surface area contributed by atoms with Crippen LogP contribution in [0.4, 0.5) is 5.69 Å². The van der Waals surface area contributed by atoms with Gasteiger partial charge in [-0.2, -0.15) is 0 Å². The Morgan fingerprint density at radius 1 is 1.18 bits per heavy atom. The van der Waals surface area contributed by atoms with Gasteiger partial charge in [0.25, 0.3) is 5.91 Å². The molecule has 0 unspecified atom stereocenters. The van der Waals surface area contributed by atoms with E-state index in [-0.39, 0.29) is 30.1 Å². The lowest BCUT2D eigenvalue weighted by molar-refractivity contribution is -0.122. The first-order valence-corrected chi connectivity index (χ1v) is 11.6. The molecule has 1 N–H and O–H groups in total. The smallest absolute Gasteiger partial charge is 0.256 e. The van der Waals surface area contributed by atoms with Crippen molar-refractivity contribution in [3.05, 3.63) is 59.9 Å². The number of hydrogen-bond acceptors (Lipinski definition) is 5. The van der Waals surface area contributed by atoms with Crippen LogP contribution in [0.15, 0.2) is 48.8 Å². The van der Waals surface area contributed by atoms with E-state index in [2.05, 4.69) is 22.4 Å². The van der Waals surface area contributed by atoms with E-state index in [1.807, 2.05) is 22.8 Å². The molecule has 2 amide bonds. The van der Waals surface area contributed by atoms with E-state index in [0.29, 0.717) is 36.4 Å². The molecule has 2 aromatic carbocycles. The van der Waals surface area contributed by atoms with Crippen LogP contribution >= 0.6 is 0 Å². The number of imidazole rings is 1. The molecule has 1 aliphatic rings. The van der Waals surface area contributed by atoms with Gasteiger partial charge in [0, 0.05) is 38.3 Å². The maximum Gasteiger partial charge on any atom is 0.256 e. The SMILES string of the molecule is COCC(=O)Nc1cc(C(=O)N2CCC[C@@H](C(C)=O)C2)c2c(c1)ncn2CCc1ccccc1. The number of aromatic nitrogens is 2. The lowest BCUT2D eigenvalue weighted by Crippen LogP contribution is -2.42. The Balaban J connectivity index is 1.69. The highest BCUT2D eigenvalue weighted by Crippen LogP contribution is 2.27. The van der Waals surface area contributed by atoms with Crippen molar-refractivity contribution in [2.75, 3.05) is 32.1 Å². The predicted molar refractivity (Wildman–Crippen MR) is 130 cm³/mol. The Labute approximate surface area is 198 Å². The summed E-state index contributed by atoms with van der Waals surface area (Å²) in [5, 5.41) is 2.79. The number of rotatable bonds is 8. The van der Waals surface area contributed by atoms with Gasteiger partial charge >= 0.3 is 0 Å². The number of carbonyl (C=O) groups is 3. The fourth-order valence-electron chi connectivity index (χ4n) is 4.50. The number of Topliss-reactive ketones (excluding diaryl/α,β-unsaturated/α-hetero) is 1. The number of nitrogens with one attached hydrogen (secondary N) is 1. The Morgan fingerprint density at radius 3 is 2.71 bits per heavy atom. The molecule has 0 spiro atoms. The van der Waals surface area contributed by atoms with Crippen LogP contribution in [0.3, 0.4) is 0 Å². The first-order chi connectivity index (χ1) is 16.5. The minimum atomic E-state index is -0.307. The summed E-state index contributed by atoms with van der Waals surface area (Å²) in [4.78, 5) is 44.1. The quantitative estimate of drug-likeness (QED) is 0.554. The molecule has 0 bridgehead atoms. The molecule has 1 aliphatic heterocycles. The molecule has 0 saturated carbocycles. The van der Waals surface area contributed by atoms with Gasteiger partial charge in [-0.3, -0.25) is 14.4 Å². The van der Waals surface area contributed by atoms with E-state index in [9.17, 15) is 14.4 Å². The number of fused-ring (bicyclic) bond motifs is 1. The van der Waals surface area contributed by atoms with Crippen LogP contribution in [0.1, 0.15) is 35.7 Å². The van der Waals surface area contributed by atoms with Crippen LogP contribution in [0.25, 0.3) is 11.0 Å². The Bertz CT molecular complexity index is 1190. The Kier molecular flexibility index (Phi) is 7.37. The standard InChI is InChI=1S/C26H30N4O4/c1-18(31)20-9-6-11-29(15-20)26(33)22-13-21(28-24(32)16-34-2)14-23-25(22)30(17-27-23)12-10-19-7-4-3-5-8-19/h3-5,7-8,13-14,17,20H,6,9-12,15-16H2,1-2H3,(H,28,32)/t20-/m1/s1. The molecule has 1 atom stereocenters. The minimum Gasteiger partial charge on any atom is -0.375 e. The number of ketones is 1. The molecule has 3 aromatic rings. The minimum absolute atomic E-state index is 0.0841. The highest BCUT2D eigenvalue weighted by atomic mass is 16.5. The molecule has 4 rings (SSSR count). The highest BCUT2D eigenvalue weighted by Gasteiger charge is 2.29. The number of ether oxygens (including phenoxy) is 1. The molecule has 1 saturated heterocycles. The molecule has 0 aliphatic carbocycles. The van der Waals surface area contributed by atoms with E-state index in [4.69, 9.17) is 4.74 Å². The zero-order valence-corrected chi connectivity index (χ0v) is 19.6. The molecule has 8 nitrogen and oxygen atoms in total. The highest BCUT2D eigenvalue weighted by molar-refractivity contribution is 6.07. The van der Waals surface area contributed by atoms with E-state index in [0.717, 1.165) is 24.8 Å². The van der Waals surface area contributed by atoms with Gasteiger partial charge in [0.1, 0.15) is 12.4 Å². The van der Waals surface area contributed by atoms with Gasteiger partial charge in [-0.1, -0.05) is 30.3 Å². The summed E-state index contributed by atoms with van der Waals surface area (Å²) in [6.07, 6.45) is 4.12. The number of amides is 2. The van der Waals surface area contributed by atoms with Gasteiger partial charge in [0.2, 0.25) is 5.91 Å². The van der Waals surface area contributed by atoms with Gasteiger partial charge in [-0.15, -0.1) is 0 Å². The second-order valence-corrected chi connectivity index (χ2v) is 8.75. The van der Waals surface area contributed by atoms with Crippen molar-refractivity contribution in [3.8, 4) is 0 Å². The van der Waals surface area contributed by atoms with Gasteiger partial charge < -0.3 is 19.5 Å². The number of benzene rings is 2. The fraction of sp³-hybridized carbons (Fsp3) is 0.385. The first-order valence-electron chi connectivity index (χ1n) is 11.6. The third-order valence-corrected chi connectivity index (χ3v) is 6.27. The predicted octanol–water partition coefficient (Wildman–Crippen LogP) is 3.31. The number of likely N-dealkylation sites (tertiary alicyclic amines) is 1. The summed E-state index contributed by atoms with van der Waals surface area (Å²) in [6.45, 7) is 3.17. The summed E-state index contributed by atoms with van der Waals surface area (Å²) in [5.74, 6) is -0.490. The van der Waals surface area contributed by atoms with Crippen LogP contribution in [0.5, 0.6) is 0 Å². The number of hydrogen-bond donors (Lipinski definition) is 1. The monoisotopic (exact) mass is 462 g/mol. The van der Waals surface area contributed by atoms with Crippen molar-refractivity contribution in [2.24, 2.45) is 5.92 Å². The van der Waals surface area contributed by atoms with Crippen LogP contribution < -0.4 is 5.32 Å². The summed E-state index contributed by atoms with van der Waals surface area (Å²) < 4.78 is 6.90. The maximum absolute atomic E-state index is 13.7. The second kappa shape index (κ2) is 10.6. The normalized spacial score (nSPS) is 15.9. The van der Waals surface area contributed by atoms with Crippen molar-refractivity contribution in [1.29, 1.82) is 0 Å². The van der Waals surface area contributed by atoms with E-state index in [1.165, 1.54) is 12.7 Å². The van der Waals surface area contributed by atoms with Crippen molar-refractivity contribution < 1.29 is 19.1 Å². The third-order valence-electron chi connectivity index (χ3n) is 6.27. The topological polar surface area (TPSA) is 93.5 Å². The molecule has 1 fully saturated rings. The maximum atomic E-state index is 13.7. The molecule has 1 aromatic heterocycles. The second-order valence-electron chi connectivity index (χ2n) is 8.75. The van der Waals surface area contributed by atoms with E-state index >= 15 is 0 Å². The lowest BCUT2D eigenvalue weighted by atomic mass is 9.94. The van der Waals surface area contributed by atoms with E-state index in [1.54, 1.807) is 30.3 Å². The molecule has 8 heteroatoms. The average molecular weight is 463 g/mol. The third kappa shape index (κ3) is 5.34. The van der Waals surface area contributed by atoms with Gasteiger partial charge in [0.15, 0.2) is 0 Å². The summed E-state index contributed by atoms with van der Waals surface area (Å²) in [7, 11) is 1.45. The van der Waals surface area contributed by atoms with Gasteiger partial charge in [-0.05, 0) is 43.9 Å².